The molecule has 3 aliphatic heterocycles. The molecule has 8 heteroatoms. The molecular formula is C37H51N5O2S. The molecule has 2 aromatic heterocycles. The summed E-state index contributed by atoms with van der Waals surface area (Å²) >= 11 is 1.78. The summed E-state index contributed by atoms with van der Waals surface area (Å²) in [7, 11) is 0. The van der Waals surface area contributed by atoms with Crippen molar-refractivity contribution >= 4 is 33.2 Å². The number of carbonyl (C=O) groups excluding carboxylic acids is 2. The number of nitrogens with one attached hydrogen (secondary N) is 2. The van der Waals surface area contributed by atoms with Crippen LogP contribution in [-0.4, -0.2) is 96.3 Å². The van der Waals surface area contributed by atoms with E-state index in [9.17, 15) is 9.59 Å². The number of aromatic amines is 1. The number of H-pyrrole nitrogens is 1. The average molecular weight is 630 g/mol. The van der Waals surface area contributed by atoms with E-state index in [4.69, 9.17) is 0 Å². The van der Waals surface area contributed by atoms with E-state index in [1.807, 2.05) is 0 Å². The lowest BCUT2D eigenvalue weighted by molar-refractivity contribution is -0.133. The Morgan fingerprint density at radius 1 is 0.911 bits per heavy atom. The molecule has 3 aromatic rings. The number of fused-ring (bicyclic) bond motifs is 3. The third-order valence-electron chi connectivity index (χ3n) is 11.3. The highest BCUT2D eigenvalue weighted by molar-refractivity contribution is 7.19. The molecule has 1 amide bonds. The van der Waals surface area contributed by atoms with Crippen LogP contribution in [0, 0.1) is 25.7 Å². The van der Waals surface area contributed by atoms with Gasteiger partial charge >= 0.3 is 0 Å². The molecule has 1 aromatic carbocycles. The van der Waals surface area contributed by atoms with E-state index < -0.39 is 5.41 Å². The number of benzene rings is 1. The van der Waals surface area contributed by atoms with Gasteiger partial charge in [0.25, 0.3) is 0 Å². The number of amides is 1. The van der Waals surface area contributed by atoms with Gasteiger partial charge in [0, 0.05) is 68.0 Å². The van der Waals surface area contributed by atoms with Crippen LogP contribution in [0.25, 0.3) is 21.5 Å². The van der Waals surface area contributed by atoms with Crippen LogP contribution < -0.4 is 5.32 Å². The fourth-order valence-corrected chi connectivity index (χ4v) is 9.81. The highest BCUT2D eigenvalue weighted by atomic mass is 32.1. The highest BCUT2D eigenvalue weighted by Gasteiger charge is 2.50. The van der Waals surface area contributed by atoms with E-state index in [0.29, 0.717) is 30.2 Å². The van der Waals surface area contributed by atoms with E-state index in [1.54, 1.807) is 11.3 Å². The van der Waals surface area contributed by atoms with Crippen molar-refractivity contribution in [3.63, 3.8) is 0 Å². The molecular weight excluding hydrogens is 579 g/mol. The number of rotatable bonds is 9. The number of piperidine rings is 2. The van der Waals surface area contributed by atoms with Gasteiger partial charge < -0.3 is 20.1 Å². The van der Waals surface area contributed by atoms with Crippen LogP contribution in [-0.2, 0) is 21.4 Å². The molecule has 4 fully saturated rings. The maximum absolute atomic E-state index is 14.0. The second-order valence-electron chi connectivity index (χ2n) is 14.9. The molecule has 3 saturated heterocycles. The number of carbonyl (C=O) groups is 2. The van der Waals surface area contributed by atoms with Gasteiger partial charge in [-0.25, -0.2) is 0 Å². The number of piperazine rings is 1. The van der Waals surface area contributed by atoms with Crippen LogP contribution in [0.4, 0.5) is 0 Å². The van der Waals surface area contributed by atoms with E-state index in [1.165, 1.54) is 55.9 Å². The lowest BCUT2D eigenvalue weighted by Crippen LogP contribution is -2.50. The first kappa shape index (κ1) is 31.1. The summed E-state index contributed by atoms with van der Waals surface area (Å²) in [6, 6.07) is 9.52. The maximum Gasteiger partial charge on any atom is 0.236 e. The Morgan fingerprint density at radius 2 is 1.62 bits per heavy atom. The standard InChI is InChI=1S/C37H51N5O2S/c1-24-18-25(2)20-27(19-24)34-28(10-13-40-14-16-41(17-15-40)23-32(43)42-11-6-5-7-12-42)29-21-31(45-36(29)39-34)37(3,4)35(44)33-26-8-9-30(33)38-22-26/h18-21,26,30,33,38-39H,5-17,22-23H2,1-4H3. The number of hydrogen-bond donors (Lipinski definition) is 2. The molecule has 4 aliphatic rings. The summed E-state index contributed by atoms with van der Waals surface area (Å²) in [5.41, 5.74) is 5.89. The summed E-state index contributed by atoms with van der Waals surface area (Å²) in [5.74, 6) is 1.38. The molecule has 7 nitrogen and oxygen atoms in total. The summed E-state index contributed by atoms with van der Waals surface area (Å²) in [4.78, 5) is 40.0. The largest absolute Gasteiger partial charge is 0.346 e. The number of nitrogens with zero attached hydrogens (tertiary/aromatic N) is 3. The Labute approximate surface area is 272 Å². The van der Waals surface area contributed by atoms with Gasteiger partial charge in [-0.15, -0.1) is 11.3 Å². The number of hydrogen-bond acceptors (Lipinski definition) is 6. The van der Waals surface area contributed by atoms with Gasteiger partial charge in [-0.3, -0.25) is 14.5 Å². The van der Waals surface area contributed by atoms with Crippen molar-refractivity contribution in [2.75, 3.05) is 58.9 Å². The van der Waals surface area contributed by atoms with Crippen molar-refractivity contribution in [3.8, 4) is 11.3 Å². The third-order valence-corrected chi connectivity index (χ3v) is 12.7. The first-order valence-electron chi connectivity index (χ1n) is 17.4. The zero-order valence-corrected chi connectivity index (χ0v) is 28.5. The van der Waals surface area contributed by atoms with Crippen molar-refractivity contribution in [1.29, 1.82) is 0 Å². The predicted molar refractivity (Wildman–Crippen MR) is 184 cm³/mol. The van der Waals surface area contributed by atoms with Crippen LogP contribution >= 0.6 is 11.3 Å². The molecule has 0 radical (unpaired) electrons. The molecule has 2 N–H and O–H groups in total. The fraction of sp³-hybridized carbons (Fsp3) is 0.622. The summed E-state index contributed by atoms with van der Waals surface area (Å²) in [6.07, 6.45) is 6.82. The maximum atomic E-state index is 14.0. The van der Waals surface area contributed by atoms with Gasteiger partial charge in [-0.05, 0) is 108 Å². The zero-order chi connectivity index (χ0) is 31.3. The number of thiophene rings is 1. The van der Waals surface area contributed by atoms with Crippen LogP contribution in [0.15, 0.2) is 24.3 Å². The van der Waals surface area contributed by atoms with Crippen LogP contribution in [0.5, 0.6) is 0 Å². The second kappa shape index (κ2) is 12.6. The van der Waals surface area contributed by atoms with E-state index in [2.05, 4.69) is 77.0 Å². The topological polar surface area (TPSA) is 71.7 Å². The van der Waals surface area contributed by atoms with Gasteiger partial charge in [0.2, 0.25) is 5.91 Å². The van der Waals surface area contributed by atoms with Crippen LogP contribution in [0.1, 0.15) is 67.5 Å². The Hall–Kier alpha value is -2.52. The Bertz CT molecular complexity index is 1520. The summed E-state index contributed by atoms with van der Waals surface area (Å²) in [6.45, 7) is 16.9. The minimum Gasteiger partial charge on any atom is -0.346 e. The average Bonchev–Trinajstić information content (AvgIpc) is 3.81. The number of Topliss-reactive ketones (excluding diaryl/α,β-unsaturated/α-hetero) is 1. The summed E-state index contributed by atoms with van der Waals surface area (Å²) in [5, 5.41) is 4.88. The number of ketones is 1. The van der Waals surface area contributed by atoms with Gasteiger partial charge in [-0.1, -0.05) is 17.2 Å². The molecule has 0 spiro atoms. The molecule has 242 valence electrons. The van der Waals surface area contributed by atoms with Gasteiger partial charge in [0.15, 0.2) is 0 Å². The van der Waals surface area contributed by atoms with Crippen molar-refractivity contribution < 1.29 is 9.59 Å². The lowest BCUT2D eigenvalue weighted by atomic mass is 9.76. The molecule has 1 saturated carbocycles. The Kier molecular flexibility index (Phi) is 8.70. The molecule has 45 heavy (non-hydrogen) atoms. The fourth-order valence-electron chi connectivity index (χ4n) is 8.62. The molecule has 5 heterocycles. The summed E-state index contributed by atoms with van der Waals surface area (Å²) < 4.78 is 0. The Balaban J connectivity index is 1.09. The van der Waals surface area contributed by atoms with E-state index in [0.717, 1.165) is 78.0 Å². The quantitative estimate of drug-likeness (QED) is 0.326. The SMILES string of the molecule is Cc1cc(C)cc(-c2[nH]c3sc(C(C)(C)C(=O)C4C5CCC4NC5)cc3c2CCN2CCN(CC(=O)N3CCCCC3)CC2)c1. The van der Waals surface area contributed by atoms with E-state index in [-0.39, 0.29) is 5.92 Å². The molecule has 7 rings (SSSR count). The Morgan fingerprint density at radius 3 is 2.27 bits per heavy atom. The van der Waals surface area contributed by atoms with Crippen LogP contribution in [0.2, 0.25) is 0 Å². The van der Waals surface area contributed by atoms with Gasteiger partial charge in [0.1, 0.15) is 10.6 Å². The highest BCUT2D eigenvalue weighted by Crippen LogP contribution is 2.45. The zero-order valence-electron chi connectivity index (χ0n) is 27.7. The molecule has 3 atom stereocenters. The number of aryl methyl sites for hydroxylation is 2. The van der Waals surface area contributed by atoms with Crippen molar-refractivity contribution in [2.24, 2.45) is 11.8 Å². The number of aromatic nitrogens is 1. The molecule has 3 unspecified atom stereocenters. The first-order valence-corrected chi connectivity index (χ1v) is 18.2. The normalized spacial score (nSPS) is 24.6. The monoisotopic (exact) mass is 629 g/mol. The second-order valence-corrected chi connectivity index (χ2v) is 15.9. The van der Waals surface area contributed by atoms with Crippen molar-refractivity contribution in [3.05, 3.63) is 45.8 Å². The van der Waals surface area contributed by atoms with Gasteiger partial charge in [0.05, 0.1) is 17.7 Å². The minimum absolute atomic E-state index is 0.152. The van der Waals surface area contributed by atoms with Crippen LogP contribution in [0.3, 0.4) is 0 Å². The van der Waals surface area contributed by atoms with Crippen molar-refractivity contribution in [1.82, 2.24) is 25.0 Å². The predicted octanol–water partition coefficient (Wildman–Crippen LogP) is 5.53. The lowest BCUT2D eigenvalue weighted by Gasteiger charge is -2.36. The third kappa shape index (κ3) is 6.16. The number of likely N-dealkylation sites (tertiary alicyclic amines) is 1. The molecule has 2 bridgehead atoms. The minimum atomic E-state index is -0.499. The van der Waals surface area contributed by atoms with E-state index >= 15 is 0 Å². The van der Waals surface area contributed by atoms with Gasteiger partial charge in [-0.2, -0.15) is 0 Å². The van der Waals surface area contributed by atoms with Crippen molar-refractivity contribution in [2.45, 2.75) is 77.7 Å². The first-order chi connectivity index (χ1) is 21.7. The smallest absolute Gasteiger partial charge is 0.236 e. The molecule has 1 aliphatic carbocycles.